The molecule has 1 amide bonds. The summed E-state index contributed by atoms with van der Waals surface area (Å²) in [7, 11) is 0. The molecule has 1 aliphatic heterocycles. The Morgan fingerprint density at radius 2 is 1.86 bits per heavy atom. The number of nitrogens with zero attached hydrogens (tertiary/aromatic N) is 2. The number of hydrogen-bond acceptors (Lipinski definition) is 3. The van der Waals surface area contributed by atoms with Gasteiger partial charge in [0, 0.05) is 24.8 Å². The number of ether oxygens (including phenoxy) is 1. The van der Waals surface area contributed by atoms with Crippen molar-refractivity contribution in [1.82, 2.24) is 9.47 Å². The SMILES string of the molecule is CCCCC(C(=O)N1CCOCC1)c1c(C)ccn(Cc2ccccc2)c1=O. The Morgan fingerprint density at radius 3 is 2.54 bits per heavy atom. The molecule has 0 N–H and O–H groups in total. The van der Waals surface area contributed by atoms with Crippen LogP contribution in [0.2, 0.25) is 0 Å². The average Bonchev–Trinajstić information content (AvgIpc) is 2.73. The highest BCUT2D eigenvalue weighted by atomic mass is 16.5. The molecule has 1 aromatic carbocycles. The van der Waals surface area contributed by atoms with E-state index in [1.165, 1.54) is 0 Å². The van der Waals surface area contributed by atoms with Crippen LogP contribution in [0.5, 0.6) is 0 Å². The van der Waals surface area contributed by atoms with Gasteiger partial charge < -0.3 is 14.2 Å². The van der Waals surface area contributed by atoms with E-state index in [1.807, 2.05) is 54.4 Å². The minimum Gasteiger partial charge on any atom is -0.378 e. The second kappa shape index (κ2) is 9.69. The van der Waals surface area contributed by atoms with Crippen molar-refractivity contribution in [2.75, 3.05) is 26.3 Å². The quantitative estimate of drug-likeness (QED) is 0.738. The lowest BCUT2D eigenvalue weighted by atomic mass is 9.90. The monoisotopic (exact) mass is 382 g/mol. The van der Waals surface area contributed by atoms with E-state index in [4.69, 9.17) is 4.74 Å². The lowest BCUT2D eigenvalue weighted by molar-refractivity contribution is -0.137. The van der Waals surface area contributed by atoms with Gasteiger partial charge in [-0.05, 0) is 30.5 Å². The topological polar surface area (TPSA) is 51.5 Å². The van der Waals surface area contributed by atoms with Crippen LogP contribution >= 0.6 is 0 Å². The van der Waals surface area contributed by atoms with Gasteiger partial charge >= 0.3 is 0 Å². The molecule has 0 saturated carbocycles. The lowest BCUT2D eigenvalue weighted by Gasteiger charge is -2.31. The van der Waals surface area contributed by atoms with Gasteiger partial charge in [0.2, 0.25) is 5.91 Å². The third kappa shape index (κ3) is 4.71. The number of aryl methyl sites for hydroxylation is 1. The molecule has 1 atom stereocenters. The van der Waals surface area contributed by atoms with Gasteiger partial charge in [0.1, 0.15) is 0 Å². The molecule has 0 spiro atoms. The van der Waals surface area contributed by atoms with Gasteiger partial charge in [-0.15, -0.1) is 0 Å². The van der Waals surface area contributed by atoms with Crippen molar-refractivity contribution in [1.29, 1.82) is 0 Å². The molecule has 1 fully saturated rings. The summed E-state index contributed by atoms with van der Waals surface area (Å²) >= 11 is 0. The van der Waals surface area contributed by atoms with Crippen molar-refractivity contribution in [2.45, 2.75) is 45.6 Å². The molecular formula is C23H30N2O3. The molecule has 2 heterocycles. The number of unbranched alkanes of at least 4 members (excludes halogenated alkanes) is 1. The van der Waals surface area contributed by atoms with Gasteiger partial charge in [0.15, 0.2) is 0 Å². The fraction of sp³-hybridized carbons (Fsp3) is 0.478. The van der Waals surface area contributed by atoms with E-state index in [9.17, 15) is 9.59 Å². The molecule has 5 heteroatoms. The Bertz CT molecular complexity index is 839. The van der Waals surface area contributed by atoms with E-state index in [-0.39, 0.29) is 17.4 Å². The van der Waals surface area contributed by atoms with Crippen LogP contribution in [0, 0.1) is 6.92 Å². The number of carbonyl (C=O) groups is 1. The van der Waals surface area contributed by atoms with Gasteiger partial charge in [-0.1, -0.05) is 50.1 Å². The van der Waals surface area contributed by atoms with Crippen molar-refractivity contribution in [3.63, 3.8) is 0 Å². The summed E-state index contributed by atoms with van der Waals surface area (Å²) in [6.07, 6.45) is 4.46. The minimum absolute atomic E-state index is 0.0495. The van der Waals surface area contributed by atoms with Gasteiger partial charge in [-0.3, -0.25) is 9.59 Å². The Hall–Kier alpha value is -2.40. The molecule has 150 valence electrons. The zero-order valence-corrected chi connectivity index (χ0v) is 16.9. The number of aromatic nitrogens is 1. The zero-order valence-electron chi connectivity index (χ0n) is 16.9. The minimum atomic E-state index is -0.381. The lowest BCUT2D eigenvalue weighted by Crippen LogP contribution is -2.44. The van der Waals surface area contributed by atoms with Crippen LogP contribution in [0.15, 0.2) is 47.4 Å². The predicted molar refractivity (Wildman–Crippen MR) is 111 cm³/mol. The van der Waals surface area contributed by atoms with Crippen molar-refractivity contribution in [2.24, 2.45) is 0 Å². The van der Waals surface area contributed by atoms with Crippen LogP contribution in [-0.2, 0) is 16.1 Å². The summed E-state index contributed by atoms with van der Waals surface area (Å²) < 4.78 is 7.12. The largest absolute Gasteiger partial charge is 0.378 e. The maximum atomic E-state index is 13.4. The first-order valence-corrected chi connectivity index (χ1v) is 10.2. The molecule has 1 aromatic heterocycles. The molecule has 0 aliphatic carbocycles. The van der Waals surface area contributed by atoms with Crippen LogP contribution in [0.1, 0.15) is 48.8 Å². The van der Waals surface area contributed by atoms with E-state index in [0.29, 0.717) is 44.8 Å². The van der Waals surface area contributed by atoms with Gasteiger partial charge in [0.25, 0.3) is 5.56 Å². The Kier molecular flexibility index (Phi) is 7.04. The number of rotatable bonds is 7. The molecular weight excluding hydrogens is 352 g/mol. The number of amides is 1. The first kappa shape index (κ1) is 20.3. The Labute approximate surface area is 166 Å². The van der Waals surface area contributed by atoms with Crippen LogP contribution < -0.4 is 5.56 Å². The highest BCUT2D eigenvalue weighted by Crippen LogP contribution is 2.25. The number of benzene rings is 1. The van der Waals surface area contributed by atoms with Gasteiger partial charge in [0.05, 0.1) is 25.7 Å². The molecule has 0 bridgehead atoms. The van der Waals surface area contributed by atoms with Crippen LogP contribution in [0.25, 0.3) is 0 Å². The third-order valence-corrected chi connectivity index (χ3v) is 5.43. The summed E-state index contributed by atoms with van der Waals surface area (Å²) in [6.45, 7) is 6.91. The number of morpholine rings is 1. The van der Waals surface area contributed by atoms with Crippen molar-refractivity contribution < 1.29 is 9.53 Å². The molecule has 2 aromatic rings. The average molecular weight is 383 g/mol. The van der Waals surface area contributed by atoms with E-state index < -0.39 is 0 Å². The standard InChI is InChI=1S/C23H30N2O3/c1-3-4-10-20(22(26)24-13-15-28-16-14-24)21-18(2)11-12-25(23(21)27)17-19-8-6-5-7-9-19/h5-9,11-12,20H,3-4,10,13-17H2,1-2H3. The van der Waals surface area contributed by atoms with Gasteiger partial charge in [-0.25, -0.2) is 0 Å². The molecule has 28 heavy (non-hydrogen) atoms. The van der Waals surface area contributed by atoms with Crippen molar-refractivity contribution in [3.05, 3.63) is 69.6 Å². The second-order valence-electron chi connectivity index (χ2n) is 7.46. The number of hydrogen-bond donors (Lipinski definition) is 0. The fourth-order valence-corrected chi connectivity index (χ4v) is 3.81. The third-order valence-electron chi connectivity index (χ3n) is 5.43. The van der Waals surface area contributed by atoms with Crippen LogP contribution in [0.3, 0.4) is 0 Å². The molecule has 1 saturated heterocycles. The Balaban J connectivity index is 1.95. The maximum absolute atomic E-state index is 13.4. The Morgan fingerprint density at radius 1 is 1.14 bits per heavy atom. The smallest absolute Gasteiger partial charge is 0.255 e. The normalized spacial score (nSPS) is 15.4. The second-order valence-corrected chi connectivity index (χ2v) is 7.46. The molecule has 1 unspecified atom stereocenters. The molecule has 5 nitrogen and oxygen atoms in total. The van der Waals surface area contributed by atoms with Crippen LogP contribution in [-0.4, -0.2) is 41.7 Å². The van der Waals surface area contributed by atoms with Crippen molar-refractivity contribution in [3.8, 4) is 0 Å². The first-order valence-electron chi connectivity index (χ1n) is 10.2. The summed E-state index contributed by atoms with van der Waals surface area (Å²) in [6, 6.07) is 11.9. The van der Waals surface area contributed by atoms with E-state index in [1.54, 1.807) is 4.57 Å². The van der Waals surface area contributed by atoms with E-state index in [2.05, 4.69) is 6.92 Å². The highest BCUT2D eigenvalue weighted by molar-refractivity contribution is 5.84. The fourth-order valence-electron chi connectivity index (χ4n) is 3.81. The summed E-state index contributed by atoms with van der Waals surface area (Å²) in [5, 5.41) is 0. The summed E-state index contributed by atoms with van der Waals surface area (Å²) in [4.78, 5) is 28.5. The number of pyridine rings is 1. The van der Waals surface area contributed by atoms with E-state index >= 15 is 0 Å². The maximum Gasteiger partial charge on any atom is 0.255 e. The highest BCUT2D eigenvalue weighted by Gasteiger charge is 2.30. The van der Waals surface area contributed by atoms with E-state index in [0.717, 1.165) is 24.0 Å². The summed E-state index contributed by atoms with van der Waals surface area (Å²) in [5.41, 5.74) is 2.58. The first-order chi connectivity index (χ1) is 13.6. The van der Waals surface area contributed by atoms with Gasteiger partial charge in [-0.2, -0.15) is 0 Å². The number of carbonyl (C=O) groups excluding carboxylic acids is 1. The zero-order chi connectivity index (χ0) is 19.9. The summed E-state index contributed by atoms with van der Waals surface area (Å²) in [5.74, 6) is -0.316. The molecule has 3 rings (SSSR count). The predicted octanol–water partition coefficient (Wildman–Crippen LogP) is 3.34. The molecule has 0 radical (unpaired) electrons. The van der Waals surface area contributed by atoms with Crippen molar-refractivity contribution >= 4 is 5.91 Å². The molecule has 1 aliphatic rings. The van der Waals surface area contributed by atoms with Crippen LogP contribution in [0.4, 0.5) is 0 Å².